The van der Waals surface area contributed by atoms with Crippen molar-refractivity contribution in [2.75, 3.05) is 19.3 Å². The van der Waals surface area contributed by atoms with Gasteiger partial charge in [-0.05, 0) is 38.3 Å². The molecule has 1 aromatic heterocycles. The number of thioether (sulfide) groups is 1. The van der Waals surface area contributed by atoms with Crippen molar-refractivity contribution in [1.82, 2.24) is 10.3 Å². The average Bonchev–Trinajstić information content (AvgIpc) is 2.87. The van der Waals surface area contributed by atoms with E-state index in [1.807, 2.05) is 11.8 Å². The zero-order chi connectivity index (χ0) is 13.0. The second-order valence-electron chi connectivity index (χ2n) is 4.44. The van der Waals surface area contributed by atoms with Crippen LogP contribution in [-0.4, -0.2) is 35.4 Å². The molecule has 2 heterocycles. The molecule has 6 heteroatoms. The highest BCUT2D eigenvalue weighted by Gasteiger charge is 2.21. The average molecular weight is 269 g/mol. The highest BCUT2D eigenvalue weighted by atomic mass is 32.2. The van der Waals surface area contributed by atoms with E-state index in [1.54, 1.807) is 6.07 Å². The zero-order valence-electron chi connectivity index (χ0n) is 10.5. The van der Waals surface area contributed by atoms with Crippen molar-refractivity contribution in [1.29, 1.82) is 0 Å². The fourth-order valence-corrected chi connectivity index (χ4v) is 2.93. The van der Waals surface area contributed by atoms with Crippen LogP contribution in [0.5, 0.6) is 0 Å². The predicted octanol–water partition coefficient (Wildman–Crippen LogP) is 1.21. The van der Waals surface area contributed by atoms with Crippen LogP contribution in [0.2, 0.25) is 0 Å². The molecule has 2 rings (SSSR count). The lowest BCUT2D eigenvalue weighted by Crippen LogP contribution is -2.35. The number of nitrogens with zero attached hydrogens (tertiary/aromatic N) is 1. The lowest BCUT2D eigenvalue weighted by atomic mass is 10.1. The quantitative estimate of drug-likeness (QED) is 0.488. The summed E-state index contributed by atoms with van der Waals surface area (Å²) in [5.74, 6) is 5.55. The van der Waals surface area contributed by atoms with Crippen LogP contribution in [0.1, 0.15) is 29.0 Å². The van der Waals surface area contributed by atoms with E-state index < -0.39 is 0 Å². The van der Waals surface area contributed by atoms with Gasteiger partial charge in [-0.2, -0.15) is 11.8 Å². The molecule has 1 amide bonds. The largest absolute Gasteiger partial charge is 0.467 e. The molecule has 0 spiro atoms. The summed E-state index contributed by atoms with van der Waals surface area (Å²) in [5.41, 5.74) is 2.67. The van der Waals surface area contributed by atoms with Crippen molar-refractivity contribution in [2.24, 2.45) is 5.84 Å². The Morgan fingerprint density at radius 2 is 2.33 bits per heavy atom. The number of rotatable bonds is 4. The van der Waals surface area contributed by atoms with E-state index in [0.29, 0.717) is 17.9 Å². The normalized spacial score (nSPS) is 17.9. The van der Waals surface area contributed by atoms with Gasteiger partial charge in [0.2, 0.25) is 0 Å². The monoisotopic (exact) mass is 269 g/mol. The number of nitrogens with two attached hydrogens (primary N) is 1. The number of likely N-dealkylation sites (tertiary alicyclic amines) is 1. The van der Waals surface area contributed by atoms with Crippen LogP contribution in [0.4, 0.5) is 0 Å². The van der Waals surface area contributed by atoms with Gasteiger partial charge in [0.1, 0.15) is 5.76 Å². The molecular formula is C12H19N3O2S. The first kappa shape index (κ1) is 13.5. The van der Waals surface area contributed by atoms with Crippen molar-refractivity contribution in [2.45, 2.75) is 24.6 Å². The smallest absolute Gasteiger partial charge is 0.268 e. The van der Waals surface area contributed by atoms with E-state index in [0.717, 1.165) is 18.3 Å². The third kappa shape index (κ3) is 3.07. The van der Waals surface area contributed by atoms with E-state index in [4.69, 9.17) is 10.3 Å². The highest BCUT2D eigenvalue weighted by Crippen LogP contribution is 2.23. The minimum absolute atomic E-state index is 0.294. The van der Waals surface area contributed by atoms with Gasteiger partial charge in [-0.25, -0.2) is 5.84 Å². The minimum Gasteiger partial charge on any atom is -0.467 e. The van der Waals surface area contributed by atoms with Gasteiger partial charge in [0.05, 0.1) is 18.4 Å². The Morgan fingerprint density at radius 3 is 2.94 bits per heavy atom. The Morgan fingerprint density at radius 1 is 1.61 bits per heavy atom. The maximum atomic E-state index is 11.5. The SMILES string of the molecule is CSC1CCN(Cc2occc2C(=O)NN)CC1. The summed E-state index contributed by atoms with van der Waals surface area (Å²) >= 11 is 1.94. The van der Waals surface area contributed by atoms with Crippen LogP contribution in [0.25, 0.3) is 0 Å². The van der Waals surface area contributed by atoms with Gasteiger partial charge < -0.3 is 4.42 Å². The molecule has 0 saturated carbocycles. The molecule has 1 fully saturated rings. The molecule has 18 heavy (non-hydrogen) atoms. The number of hydrogen-bond acceptors (Lipinski definition) is 5. The van der Waals surface area contributed by atoms with Crippen molar-refractivity contribution in [3.8, 4) is 0 Å². The van der Waals surface area contributed by atoms with Gasteiger partial charge in [0.25, 0.3) is 5.91 Å². The highest BCUT2D eigenvalue weighted by molar-refractivity contribution is 7.99. The van der Waals surface area contributed by atoms with Crippen LogP contribution in [0, 0.1) is 0 Å². The summed E-state index contributed by atoms with van der Waals surface area (Å²) in [6.07, 6.45) is 6.09. The molecule has 1 aliphatic rings. The second kappa shape index (κ2) is 6.26. The Hall–Kier alpha value is -0.980. The summed E-state index contributed by atoms with van der Waals surface area (Å²) in [6.45, 7) is 2.78. The molecule has 100 valence electrons. The number of nitrogens with one attached hydrogen (secondary N) is 1. The summed E-state index contributed by atoms with van der Waals surface area (Å²) in [4.78, 5) is 13.8. The van der Waals surface area contributed by atoms with Crippen molar-refractivity contribution >= 4 is 17.7 Å². The Balaban J connectivity index is 1.94. The number of nitrogen functional groups attached to an aromatic ring is 1. The van der Waals surface area contributed by atoms with Crippen LogP contribution >= 0.6 is 11.8 Å². The molecule has 1 saturated heterocycles. The number of carbonyl (C=O) groups is 1. The molecule has 0 aliphatic carbocycles. The van der Waals surface area contributed by atoms with Gasteiger partial charge in [-0.15, -0.1) is 0 Å². The topological polar surface area (TPSA) is 71.5 Å². The number of piperidine rings is 1. The second-order valence-corrected chi connectivity index (χ2v) is 5.58. The molecule has 0 aromatic carbocycles. The number of hydrazine groups is 1. The van der Waals surface area contributed by atoms with Crippen LogP contribution in [-0.2, 0) is 6.54 Å². The zero-order valence-corrected chi connectivity index (χ0v) is 11.3. The lowest BCUT2D eigenvalue weighted by molar-refractivity contribution is 0.0949. The summed E-state index contributed by atoms with van der Waals surface area (Å²) in [7, 11) is 0. The molecule has 1 aliphatic heterocycles. The minimum atomic E-state index is -0.294. The standard InChI is InChI=1S/C12H19N3O2S/c1-18-9-2-5-15(6-3-9)8-11-10(4-7-17-11)12(16)14-13/h4,7,9H,2-3,5-6,8,13H2,1H3,(H,14,16). The predicted molar refractivity (Wildman–Crippen MR) is 72.2 cm³/mol. The molecule has 1 aromatic rings. The van der Waals surface area contributed by atoms with Crippen molar-refractivity contribution in [3.63, 3.8) is 0 Å². The molecule has 5 nitrogen and oxygen atoms in total. The van der Waals surface area contributed by atoms with Crippen molar-refractivity contribution in [3.05, 3.63) is 23.7 Å². The third-order valence-corrected chi connectivity index (χ3v) is 4.49. The Kier molecular flexibility index (Phi) is 4.68. The first-order chi connectivity index (χ1) is 8.74. The van der Waals surface area contributed by atoms with Gasteiger partial charge in [-0.1, -0.05) is 0 Å². The first-order valence-corrected chi connectivity index (χ1v) is 7.36. The molecule has 0 unspecified atom stereocenters. The number of furan rings is 1. The number of carbonyl (C=O) groups excluding carboxylic acids is 1. The van der Waals surface area contributed by atoms with E-state index in [9.17, 15) is 4.79 Å². The maximum Gasteiger partial charge on any atom is 0.268 e. The van der Waals surface area contributed by atoms with Gasteiger partial charge in [-0.3, -0.25) is 15.1 Å². The lowest BCUT2D eigenvalue weighted by Gasteiger charge is -2.30. The van der Waals surface area contributed by atoms with Gasteiger partial charge in [0.15, 0.2) is 0 Å². The Bertz CT molecular complexity index is 400. The van der Waals surface area contributed by atoms with Crippen LogP contribution < -0.4 is 11.3 Å². The van der Waals surface area contributed by atoms with Gasteiger partial charge in [0, 0.05) is 5.25 Å². The van der Waals surface area contributed by atoms with E-state index >= 15 is 0 Å². The molecule has 0 bridgehead atoms. The van der Waals surface area contributed by atoms with E-state index in [-0.39, 0.29) is 5.91 Å². The fraction of sp³-hybridized carbons (Fsp3) is 0.583. The molecule has 3 N–H and O–H groups in total. The molecule has 0 atom stereocenters. The summed E-state index contributed by atoms with van der Waals surface area (Å²) < 4.78 is 5.38. The van der Waals surface area contributed by atoms with Crippen LogP contribution in [0.3, 0.4) is 0 Å². The summed E-state index contributed by atoms with van der Waals surface area (Å²) in [6, 6.07) is 1.66. The maximum absolute atomic E-state index is 11.5. The summed E-state index contributed by atoms with van der Waals surface area (Å²) in [5, 5.41) is 0.768. The van der Waals surface area contributed by atoms with E-state index in [1.165, 1.54) is 19.1 Å². The first-order valence-electron chi connectivity index (χ1n) is 6.07. The number of amides is 1. The fourth-order valence-electron chi connectivity index (χ4n) is 2.25. The third-order valence-electron chi connectivity index (χ3n) is 3.36. The molecule has 0 radical (unpaired) electrons. The molecular weight excluding hydrogens is 250 g/mol. The van der Waals surface area contributed by atoms with E-state index in [2.05, 4.69) is 16.6 Å². The van der Waals surface area contributed by atoms with Crippen molar-refractivity contribution < 1.29 is 9.21 Å². The van der Waals surface area contributed by atoms with Crippen LogP contribution in [0.15, 0.2) is 16.7 Å². The Labute approximate surface area is 111 Å². The van der Waals surface area contributed by atoms with Gasteiger partial charge >= 0.3 is 0 Å². The number of hydrogen-bond donors (Lipinski definition) is 2.